The summed E-state index contributed by atoms with van der Waals surface area (Å²) in [6, 6.07) is 4.29. The molecule has 0 saturated heterocycles. The maximum absolute atomic E-state index is 13.0. The SMILES string of the molecule is O=C(NCC1(C2CC2)CC1)c1ccc(F)cc1I. The highest BCUT2D eigenvalue weighted by molar-refractivity contribution is 14.1. The van der Waals surface area contributed by atoms with Crippen LogP contribution in [0.3, 0.4) is 0 Å². The molecule has 0 aromatic heterocycles. The fraction of sp³-hybridized carbons (Fsp3) is 0.500. The van der Waals surface area contributed by atoms with Gasteiger partial charge in [-0.15, -0.1) is 0 Å². The van der Waals surface area contributed by atoms with Crippen molar-refractivity contribution in [3.63, 3.8) is 0 Å². The van der Waals surface area contributed by atoms with Gasteiger partial charge in [0.15, 0.2) is 0 Å². The van der Waals surface area contributed by atoms with Crippen LogP contribution in [-0.2, 0) is 0 Å². The Hall–Kier alpha value is -0.650. The first kappa shape index (κ1) is 12.4. The molecule has 0 aliphatic heterocycles. The summed E-state index contributed by atoms with van der Waals surface area (Å²) < 4.78 is 13.6. The lowest BCUT2D eigenvalue weighted by atomic mass is 10.0. The molecule has 2 saturated carbocycles. The third kappa shape index (κ3) is 2.39. The summed E-state index contributed by atoms with van der Waals surface area (Å²) in [7, 11) is 0. The molecule has 2 fully saturated rings. The third-order valence-corrected chi connectivity index (χ3v) is 5.00. The van der Waals surface area contributed by atoms with Crippen molar-refractivity contribution < 1.29 is 9.18 Å². The van der Waals surface area contributed by atoms with Crippen LogP contribution in [0.4, 0.5) is 4.39 Å². The van der Waals surface area contributed by atoms with Crippen LogP contribution >= 0.6 is 22.6 Å². The van der Waals surface area contributed by atoms with Crippen LogP contribution in [0, 0.1) is 20.7 Å². The average Bonchev–Trinajstić information content (AvgIpc) is 3.17. The normalized spacial score (nSPS) is 20.6. The van der Waals surface area contributed by atoms with Gasteiger partial charge in [0.1, 0.15) is 5.82 Å². The Kier molecular flexibility index (Phi) is 3.08. The molecule has 3 rings (SSSR count). The van der Waals surface area contributed by atoms with Crippen LogP contribution in [0.1, 0.15) is 36.0 Å². The first-order chi connectivity index (χ1) is 8.61. The van der Waals surface area contributed by atoms with E-state index in [4.69, 9.17) is 0 Å². The zero-order chi connectivity index (χ0) is 12.8. The number of amides is 1. The Bertz CT molecular complexity index is 495. The summed E-state index contributed by atoms with van der Waals surface area (Å²) in [6.45, 7) is 0.782. The summed E-state index contributed by atoms with van der Waals surface area (Å²) in [4.78, 5) is 12.1. The predicted octanol–water partition coefficient (Wildman–Crippen LogP) is 3.35. The first-order valence-corrected chi connectivity index (χ1v) is 7.42. The Morgan fingerprint density at radius 3 is 2.72 bits per heavy atom. The molecule has 1 aromatic rings. The van der Waals surface area contributed by atoms with E-state index in [2.05, 4.69) is 5.32 Å². The topological polar surface area (TPSA) is 29.1 Å². The van der Waals surface area contributed by atoms with Gasteiger partial charge in [-0.25, -0.2) is 4.39 Å². The molecular weight excluding hydrogens is 344 g/mol. The molecule has 1 N–H and O–H groups in total. The largest absolute Gasteiger partial charge is 0.351 e. The predicted molar refractivity (Wildman–Crippen MR) is 75.8 cm³/mol. The van der Waals surface area contributed by atoms with Crippen molar-refractivity contribution >= 4 is 28.5 Å². The van der Waals surface area contributed by atoms with Crippen LogP contribution in [-0.4, -0.2) is 12.5 Å². The monoisotopic (exact) mass is 359 g/mol. The van der Waals surface area contributed by atoms with Crippen molar-refractivity contribution in [2.24, 2.45) is 11.3 Å². The molecule has 0 radical (unpaired) electrons. The van der Waals surface area contributed by atoms with E-state index in [1.807, 2.05) is 22.6 Å². The molecular formula is C14H15FINO. The summed E-state index contributed by atoms with van der Waals surface area (Å²) in [5.41, 5.74) is 0.977. The van der Waals surface area contributed by atoms with Crippen LogP contribution in [0.5, 0.6) is 0 Å². The Balaban J connectivity index is 1.64. The molecule has 0 heterocycles. The minimum atomic E-state index is -0.299. The number of hydrogen-bond donors (Lipinski definition) is 1. The van der Waals surface area contributed by atoms with Crippen LogP contribution in [0.25, 0.3) is 0 Å². The molecule has 18 heavy (non-hydrogen) atoms. The van der Waals surface area contributed by atoms with Crippen molar-refractivity contribution in [1.29, 1.82) is 0 Å². The van der Waals surface area contributed by atoms with Crippen LogP contribution in [0.15, 0.2) is 18.2 Å². The van der Waals surface area contributed by atoms with Gasteiger partial charge in [-0.3, -0.25) is 4.79 Å². The molecule has 2 aliphatic rings. The lowest BCUT2D eigenvalue weighted by Crippen LogP contribution is -2.31. The Morgan fingerprint density at radius 2 is 2.17 bits per heavy atom. The van der Waals surface area contributed by atoms with E-state index in [1.165, 1.54) is 37.8 Å². The second-order valence-electron chi connectivity index (χ2n) is 5.44. The minimum absolute atomic E-state index is 0.0775. The van der Waals surface area contributed by atoms with Crippen molar-refractivity contribution in [2.45, 2.75) is 25.7 Å². The zero-order valence-electron chi connectivity index (χ0n) is 10.0. The fourth-order valence-electron chi connectivity index (χ4n) is 2.61. The molecule has 96 valence electrons. The van der Waals surface area contributed by atoms with E-state index in [0.29, 0.717) is 14.5 Å². The molecule has 0 unspecified atom stereocenters. The number of carbonyl (C=O) groups excluding carboxylic acids is 1. The molecule has 0 atom stereocenters. The van der Waals surface area contributed by atoms with Crippen LogP contribution < -0.4 is 5.32 Å². The quantitative estimate of drug-likeness (QED) is 0.821. The zero-order valence-corrected chi connectivity index (χ0v) is 12.2. The number of halogens is 2. The van der Waals surface area contributed by atoms with Gasteiger partial charge in [-0.1, -0.05) is 0 Å². The van der Waals surface area contributed by atoms with Gasteiger partial charge in [0, 0.05) is 10.1 Å². The van der Waals surface area contributed by atoms with Crippen molar-refractivity contribution in [2.75, 3.05) is 6.54 Å². The Labute approximate surface area is 119 Å². The average molecular weight is 359 g/mol. The number of benzene rings is 1. The highest BCUT2D eigenvalue weighted by Gasteiger charge is 2.53. The van der Waals surface area contributed by atoms with E-state index in [-0.39, 0.29) is 11.7 Å². The van der Waals surface area contributed by atoms with Gasteiger partial charge in [0.05, 0.1) is 5.56 Å². The van der Waals surface area contributed by atoms with Gasteiger partial charge in [0.25, 0.3) is 5.91 Å². The van der Waals surface area contributed by atoms with E-state index in [9.17, 15) is 9.18 Å². The smallest absolute Gasteiger partial charge is 0.252 e. The second-order valence-corrected chi connectivity index (χ2v) is 6.61. The summed E-state index contributed by atoms with van der Waals surface area (Å²) in [5, 5.41) is 3.02. The van der Waals surface area contributed by atoms with Crippen molar-refractivity contribution in [3.8, 4) is 0 Å². The van der Waals surface area contributed by atoms with Gasteiger partial charge < -0.3 is 5.32 Å². The maximum Gasteiger partial charge on any atom is 0.252 e. The van der Waals surface area contributed by atoms with Crippen molar-refractivity contribution in [3.05, 3.63) is 33.1 Å². The first-order valence-electron chi connectivity index (χ1n) is 6.34. The number of rotatable bonds is 4. The summed E-state index contributed by atoms with van der Waals surface area (Å²) >= 11 is 2.00. The van der Waals surface area contributed by atoms with Gasteiger partial charge in [-0.2, -0.15) is 0 Å². The number of nitrogens with one attached hydrogen (secondary N) is 1. The molecule has 0 spiro atoms. The van der Waals surface area contributed by atoms with E-state index < -0.39 is 0 Å². The molecule has 1 aromatic carbocycles. The molecule has 1 amide bonds. The van der Waals surface area contributed by atoms with Crippen LogP contribution in [0.2, 0.25) is 0 Å². The van der Waals surface area contributed by atoms with E-state index in [0.717, 1.165) is 12.5 Å². The van der Waals surface area contributed by atoms with Gasteiger partial charge in [0.2, 0.25) is 0 Å². The highest BCUT2D eigenvalue weighted by atomic mass is 127. The minimum Gasteiger partial charge on any atom is -0.351 e. The second kappa shape index (κ2) is 4.47. The lowest BCUT2D eigenvalue weighted by molar-refractivity contribution is 0.0941. The fourth-order valence-corrected chi connectivity index (χ4v) is 3.33. The van der Waals surface area contributed by atoms with Crippen molar-refractivity contribution in [1.82, 2.24) is 5.32 Å². The van der Waals surface area contributed by atoms with Gasteiger partial charge in [-0.05, 0) is 77.8 Å². The third-order valence-electron chi connectivity index (χ3n) is 4.11. The Morgan fingerprint density at radius 1 is 1.44 bits per heavy atom. The standard InChI is InChI=1S/C14H15FINO/c15-10-3-4-11(12(16)7-10)13(18)17-8-14(5-6-14)9-1-2-9/h3-4,7,9H,1-2,5-6,8H2,(H,17,18). The molecule has 0 bridgehead atoms. The van der Waals surface area contributed by atoms with E-state index in [1.54, 1.807) is 6.07 Å². The molecule has 2 aliphatic carbocycles. The number of carbonyl (C=O) groups is 1. The maximum atomic E-state index is 13.0. The highest BCUT2D eigenvalue weighted by Crippen LogP contribution is 2.60. The van der Waals surface area contributed by atoms with Gasteiger partial charge >= 0.3 is 0 Å². The molecule has 2 nitrogen and oxygen atoms in total. The number of hydrogen-bond acceptors (Lipinski definition) is 1. The summed E-state index contributed by atoms with van der Waals surface area (Å²) in [5.74, 6) is 0.462. The van der Waals surface area contributed by atoms with E-state index >= 15 is 0 Å². The summed E-state index contributed by atoms with van der Waals surface area (Å²) in [6.07, 6.45) is 5.14. The molecule has 4 heteroatoms. The lowest BCUT2D eigenvalue weighted by Gasteiger charge is -2.15.